The van der Waals surface area contributed by atoms with E-state index >= 15 is 0 Å². The van der Waals surface area contributed by atoms with Gasteiger partial charge in [0, 0.05) is 30.9 Å². The Morgan fingerprint density at radius 2 is 1.72 bits per heavy atom. The first-order valence-electron chi connectivity index (χ1n) is 9.66. The third-order valence-corrected chi connectivity index (χ3v) is 5.12. The number of ether oxygens (including phenoxy) is 2. The summed E-state index contributed by atoms with van der Waals surface area (Å²) in [5.41, 5.74) is 9.10. The lowest BCUT2D eigenvalue weighted by atomic mass is 9.92. The van der Waals surface area contributed by atoms with E-state index in [-0.39, 0.29) is 5.78 Å². The summed E-state index contributed by atoms with van der Waals surface area (Å²) in [6.07, 6.45) is 2.74. The summed E-state index contributed by atoms with van der Waals surface area (Å²) in [5, 5.41) is 0. The van der Waals surface area contributed by atoms with Gasteiger partial charge in [0.25, 0.3) is 0 Å². The Labute approximate surface area is 172 Å². The number of hydrogen-bond donors (Lipinski definition) is 0. The van der Waals surface area contributed by atoms with Crippen LogP contribution in [0.1, 0.15) is 30.5 Å². The monoisotopic (exact) mass is 389 g/mol. The second-order valence-corrected chi connectivity index (χ2v) is 7.18. The van der Waals surface area contributed by atoms with Crippen molar-refractivity contribution in [2.24, 2.45) is 0 Å². The molecule has 0 N–H and O–H groups in total. The molecule has 1 aliphatic rings. The topological polar surface area (TPSA) is 38.8 Å². The van der Waals surface area contributed by atoms with Gasteiger partial charge < -0.3 is 14.4 Å². The van der Waals surface area contributed by atoms with Gasteiger partial charge in [-0.1, -0.05) is 30.3 Å². The number of rotatable bonds is 4. The van der Waals surface area contributed by atoms with Gasteiger partial charge in [0.2, 0.25) is 0 Å². The molecule has 150 valence electrons. The Hall–Kier alpha value is -3.23. The number of carbonyl (C=O) groups excluding carboxylic acids is 1. The van der Waals surface area contributed by atoms with Crippen LogP contribution in [-0.4, -0.2) is 38.5 Å². The Balaban J connectivity index is 2.36. The minimum absolute atomic E-state index is 0.0177. The average molecular weight is 389 g/mol. The van der Waals surface area contributed by atoms with Gasteiger partial charge in [-0.15, -0.1) is 5.73 Å². The molecule has 0 saturated heterocycles. The second kappa shape index (κ2) is 8.85. The van der Waals surface area contributed by atoms with E-state index in [1.165, 1.54) is 0 Å². The van der Waals surface area contributed by atoms with E-state index in [4.69, 9.17) is 9.47 Å². The molecular formula is C25H27NO3. The van der Waals surface area contributed by atoms with E-state index in [2.05, 4.69) is 10.6 Å². The predicted octanol–water partition coefficient (Wildman–Crippen LogP) is 4.75. The summed E-state index contributed by atoms with van der Waals surface area (Å²) in [6.45, 7) is 4.40. The van der Waals surface area contributed by atoms with Crippen molar-refractivity contribution in [2.75, 3.05) is 27.8 Å². The average Bonchev–Trinajstić information content (AvgIpc) is 2.73. The van der Waals surface area contributed by atoms with E-state index in [9.17, 15) is 4.79 Å². The van der Waals surface area contributed by atoms with Crippen LogP contribution in [-0.2, 0) is 11.2 Å². The van der Waals surface area contributed by atoms with Gasteiger partial charge in [-0.25, -0.2) is 0 Å². The molecule has 29 heavy (non-hydrogen) atoms. The van der Waals surface area contributed by atoms with Crippen molar-refractivity contribution in [1.82, 2.24) is 4.90 Å². The highest BCUT2D eigenvalue weighted by atomic mass is 16.5. The van der Waals surface area contributed by atoms with Crippen LogP contribution in [0.4, 0.5) is 0 Å². The Bertz CT molecular complexity index is 1010. The zero-order valence-electron chi connectivity index (χ0n) is 17.7. The molecule has 0 saturated carbocycles. The standard InChI is InChI=1S/C25H27NO3/c1-17-13-22(19-9-7-6-8-10-19)23(18(2)27)16-26(3)12-11-20-14-24(28-4)25(29-5)15-21(17)20/h6-10,14-16H,11-12H2,1-5H3/b23-16-. The minimum atomic E-state index is 0.0177. The molecule has 4 heteroatoms. The maximum absolute atomic E-state index is 12.5. The molecule has 2 aromatic rings. The van der Waals surface area contributed by atoms with Crippen molar-refractivity contribution in [3.05, 3.63) is 76.7 Å². The van der Waals surface area contributed by atoms with Gasteiger partial charge in [-0.3, -0.25) is 4.79 Å². The SMILES string of the molecule is COc1cc2c(cc1OC)C(C)=C=C(c1ccccc1)/C(C(C)=O)=C\N(C)CC2. The van der Waals surface area contributed by atoms with Gasteiger partial charge in [0.15, 0.2) is 17.3 Å². The number of methoxy groups -OCH3 is 2. The van der Waals surface area contributed by atoms with Crippen LogP contribution in [0.5, 0.6) is 11.5 Å². The van der Waals surface area contributed by atoms with Gasteiger partial charge in [0.1, 0.15) is 0 Å². The molecule has 0 radical (unpaired) electrons. The lowest BCUT2D eigenvalue weighted by Gasteiger charge is -2.21. The predicted molar refractivity (Wildman–Crippen MR) is 117 cm³/mol. The van der Waals surface area contributed by atoms with E-state index in [0.717, 1.165) is 40.8 Å². The van der Waals surface area contributed by atoms with E-state index in [1.54, 1.807) is 21.1 Å². The van der Waals surface area contributed by atoms with Crippen LogP contribution < -0.4 is 9.47 Å². The smallest absolute Gasteiger partial charge is 0.162 e. The van der Waals surface area contributed by atoms with Crippen LogP contribution in [0, 0.1) is 0 Å². The summed E-state index contributed by atoms with van der Waals surface area (Å²) in [7, 11) is 5.28. The van der Waals surface area contributed by atoms with Crippen LogP contribution in [0.2, 0.25) is 0 Å². The zero-order valence-corrected chi connectivity index (χ0v) is 17.7. The van der Waals surface area contributed by atoms with Crippen molar-refractivity contribution < 1.29 is 14.3 Å². The highest BCUT2D eigenvalue weighted by Crippen LogP contribution is 2.35. The fraction of sp³-hybridized carbons (Fsp3) is 0.280. The van der Waals surface area contributed by atoms with Crippen molar-refractivity contribution in [2.45, 2.75) is 20.3 Å². The van der Waals surface area contributed by atoms with Crippen molar-refractivity contribution in [3.8, 4) is 11.5 Å². The maximum atomic E-state index is 12.5. The molecule has 0 spiro atoms. The lowest BCUT2D eigenvalue weighted by molar-refractivity contribution is -0.113. The molecule has 0 atom stereocenters. The third-order valence-electron chi connectivity index (χ3n) is 5.12. The molecular weight excluding hydrogens is 362 g/mol. The van der Waals surface area contributed by atoms with Gasteiger partial charge in [-0.2, -0.15) is 0 Å². The summed E-state index contributed by atoms with van der Waals surface area (Å²) >= 11 is 0. The van der Waals surface area contributed by atoms with Crippen molar-refractivity contribution in [3.63, 3.8) is 0 Å². The van der Waals surface area contributed by atoms with Gasteiger partial charge in [0.05, 0.1) is 14.2 Å². The second-order valence-electron chi connectivity index (χ2n) is 7.18. The quantitative estimate of drug-likeness (QED) is 0.708. The largest absolute Gasteiger partial charge is 0.493 e. The number of likely N-dealkylation sites (N-methyl/N-ethyl adjacent to an activating group) is 1. The Kier molecular flexibility index (Phi) is 6.26. The van der Waals surface area contributed by atoms with E-state index in [0.29, 0.717) is 17.1 Å². The maximum Gasteiger partial charge on any atom is 0.162 e. The fourth-order valence-electron chi connectivity index (χ4n) is 3.54. The molecule has 0 amide bonds. The number of allylic oxidation sites excluding steroid dienone is 2. The van der Waals surface area contributed by atoms with Crippen LogP contribution in [0.15, 0.2) is 60.0 Å². The number of Topliss-reactive ketones (excluding diaryl/α,β-unsaturated/α-hetero) is 1. The lowest BCUT2D eigenvalue weighted by Crippen LogP contribution is -2.18. The fourth-order valence-corrected chi connectivity index (χ4v) is 3.54. The molecule has 0 aliphatic carbocycles. The molecule has 1 heterocycles. The highest BCUT2D eigenvalue weighted by molar-refractivity contribution is 6.09. The molecule has 0 bridgehead atoms. The van der Waals surface area contributed by atoms with Crippen LogP contribution in [0.3, 0.4) is 0 Å². The number of carbonyl (C=O) groups is 1. The first kappa shape index (κ1) is 20.5. The highest BCUT2D eigenvalue weighted by Gasteiger charge is 2.18. The molecule has 3 rings (SSSR count). The molecule has 0 aromatic heterocycles. The van der Waals surface area contributed by atoms with Crippen LogP contribution in [0.25, 0.3) is 11.1 Å². The first-order valence-corrected chi connectivity index (χ1v) is 9.66. The molecule has 1 aliphatic heterocycles. The Morgan fingerprint density at radius 3 is 2.34 bits per heavy atom. The summed E-state index contributed by atoms with van der Waals surface area (Å²) in [4.78, 5) is 14.6. The van der Waals surface area contributed by atoms with E-state index < -0.39 is 0 Å². The molecule has 0 fully saturated rings. The van der Waals surface area contributed by atoms with Gasteiger partial charge in [-0.05, 0) is 54.7 Å². The molecule has 2 aromatic carbocycles. The summed E-state index contributed by atoms with van der Waals surface area (Å²) in [5.74, 6) is 1.41. The Morgan fingerprint density at radius 1 is 1.07 bits per heavy atom. The number of fused-ring (bicyclic) bond motifs is 1. The third kappa shape index (κ3) is 4.44. The van der Waals surface area contributed by atoms with Gasteiger partial charge >= 0.3 is 0 Å². The molecule has 0 unspecified atom stereocenters. The zero-order chi connectivity index (χ0) is 21.0. The van der Waals surface area contributed by atoms with Crippen LogP contribution >= 0.6 is 0 Å². The van der Waals surface area contributed by atoms with Crippen molar-refractivity contribution in [1.29, 1.82) is 0 Å². The van der Waals surface area contributed by atoms with E-state index in [1.807, 2.05) is 62.6 Å². The number of hydrogen-bond acceptors (Lipinski definition) is 4. The molecule has 4 nitrogen and oxygen atoms in total. The number of benzene rings is 2. The number of ketones is 1. The van der Waals surface area contributed by atoms with Crippen molar-refractivity contribution >= 4 is 16.9 Å². The normalized spacial score (nSPS) is 16.0. The minimum Gasteiger partial charge on any atom is -0.493 e. The summed E-state index contributed by atoms with van der Waals surface area (Å²) < 4.78 is 11.0. The summed E-state index contributed by atoms with van der Waals surface area (Å²) in [6, 6.07) is 14.0. The first-order chi connectivity index (χ1) is 13.9. The number of nitrogens with zero attached hydrogens (tertiary/aromatic N) is 1.